The molecule has 0 saturated heterocycles. The molecule has 1 atom stereocenters. The van der Waals surface area contributed by atoms with Crippen molar-refractivity contribution in [2.24, 2.45) is 4.99 Å². The number of nitrogens with zero attached hydrogens (tertiary/aromatic N) is 1. The Labute approximate surface area is 126 Å². The first-order valence-electron chi connectivity index (χ1n) is 6.86. The van der Waals surface area contributed by atoms with Gasteiger partial charge in [0.2, 0.25) is 0 Å². The van der Waals surface area contributed by atoms with Gasteiger partial charge in [0.1, 0.15) is 0 Å². The van der Waals surface area contributed by atoms with Crippen LogP contribution in [-0.2, 0) is 4.74 Å². The molecule has 0 aromatic heterocycles. The Morgan fingerprint density at radius 1 is 1.00 bits per heavy atom. The van der Waals surface area contributed by atoms with Gasteiger partial charge >= 0.3 is 126 Å². The Bertz CT molecular complexity index is 568. The van der Waals surface area contributed by atoms with Gasteiger partial charge < -0.3 is 0 Å². The van der Waals surface area contributed by atoms with Gasteiger partial charge in [0.25, 0.3) is 0 Å². The predicted molar refractivity (Wildman–Crippen MR) is 84.0 cm³/mol. The summed E-state index contributed by atoms with van der Waals surface area (Å²) in [6.45, 7) is 0.731. The normalized spacial score (nSPS) is 17.6. The van der Waals surface area contributed by atoms with Crippen LogP contribution in [0.4, 0.5) is 0 Å². The van der Waals surface area contributed by atoms with Crippen molar-refractivity contribution >= 4 is 25.3 Å². The second kappa shape index (κ2) is 6.74. The molecule has 2 aromatic rings. The number of rotatable bonds is 5. The van der Waals surface area contributed by atoms with E-state index in [1.165, 1.54) is 9.78 Å². The average Bonchev–Trinajstić information content (AvgIpc) is 2.98. The van der Waals surface area contributed by atoms with Crippen LogP contribution >= 0.6 is 0 Å². The molecule has 20 heavy (non-hydrogen) atoms. The quantitative estimate of drug-likeness (QED) is 0.773. The molecule has 0 radical (unpaired) electrons. The fraction of sp³-hybridized carbons (Fsp3) is 0.235. The number of hydrogen-bond donors (Lipinski definition) is 0. The molecular weight excluding hydrogens is 313 g/mol. The summed E-state index contributed by atoms with van der Waals surface area (Å²) in [5.74, 6) is 0.808. The van der Waals surface area contributed by atoms with E-state index in [9.17, 15) is 0 Å². The molecule has 0 amide bonds. The van der Waals surface area contributed by atoms with E-state index in [-0.39, 0.29) is 0 Å². The van der Waals surface area contributed by atoms with Crippen LogP contribution in [0.2, 0.25) is 5.32 Å². The molecule has 0 fully saturated rings. The van der Waals surface area contributed by atoms with Crippen LogP contribution in [0.15, 0.2) is 65.7 Å². The van der Waals surface area contributed by atoms with Gasteiger partial charge in [-0.05, 0) is 0 Å². The standard InChI is InChI=1S/C17H17NOSe/c1-3-7-14(8-4-1)17-18-15(13-19-17)11-12-20-16-9-5-2-6-10-16/h1-10,15H,11-13H2/t15-/m0/s1. The summed E-state index contributed by atoms with van der Waals surface area (Å²) < 4.78 is 7.18. The molecule has 0 aliphatic carbocycles. The second-order valence-electron chi connectivity index (χ2n) is 4.72. The van der Waals surface area contributed by atoms with Crippen molar-refractivity contribution in [2.75, 3.05) is 6.61 Å². The van der Waals surface area contributed by atoms with Crippen molar-refractivity contribution < 1.29 is 4.74 Å². The first-order chi connectivity index (χ1) is 9.92. The van der Waals surface area contributed by atoms with Crippen LogP contribution in [0.5, 0.6) is 0 Å². The molecule has 3 rings (SSSR count). The minimum atomic E-state index is 0.329. The first kappa shape index (κ1) is 13.4. The average molecular weight is 330 g/mol. The van der Waals surface area contributed by atoms with E-state index in [1.54, 1.807) is 0 Å². The predicted octanol–water partition coefficient (Wildman–Crippen LogP) is 2.67. The molecule has 102 valence electrons. The van der Waals surface area contributed by atoms with Gasteiger partial charge in [-0.3, -0.25) is 0 Å². The van der Waals surface area contributed by atoms with Crippen molar-refractivity contribution in [3.63, 3.8) is 0 Å². The molecule has 0 spiro atoms. The number of benzene rings is 2. The molecule has 1 aliphatic rings. The van der Waals surface area contributed by atoms with E-state index in [0.29, 0.717) is 21.0 Å². The molecule has 1 heterocycles. The summed E-state index contributed by atoms with van der Waals surface area (Å²) in [7, 11) is 0. The molecule has 0 saturated carbocycles. The van der Waals surface area contributed by atoms with Gasteiger partial charge in [-0.15, -0.1) is 0 Å². The van der Waals surface area contributed by atoms with Crippen LogP contribution in [0.3, 0.4) is 0 Å². The zero-order valence-corrected chi connectivity index (χ0v) is 12.9. The zero-order chi connectivity index (χ0) is 13.6. The zero-order valence-electron chi connectivity index (χ0n) is 11.2. The van der Waals surface area contributed by atoms with Gasteiger partial charge in [-0.1, -0.05) is 0 Å². The number of ether oxygens (including phenoxy) is 1. The van der Waals surface area contributed by atoms with Crippen LogP contribution in [0.25, 0.3) is 0 Å². The summed E-state index contributed by atoms with van der Waals surface area (Å²) in [5.41, 5.74) is 1.09. The third kappa shape index (κ3) is 3.50. The van der Waals surface area contributed by atoms with E-state index < -0.39 is 0 Å². The van der Waals surface area contributed by atoms with Crippen molar-refractivity contribution in [3.8, 4) is 0 Å². The number of hydrogen-bond acceptors (Lipinski definition) is 2. The summed E-state index contributed by atoms with van der Waals surface area (Å²) in [5, 5.41) is 1.22. The van der Waals surface area contributed by atoms with Gasteiger partial charge in [-0.25, -0.2) is 0 Å². The fourth-order valence-electron chi connectivity index (χ4n) is 2.13. The van der Waals surface area contributed by atoms with Crippen molar-refractivity contribution in [1.29, 1.82) is 0 Å². The second-order valence-corrected chi connectivity index (χ2v) is 7.17. The van der Waals surface area contributed by atoms with Gasteiger partial charge in [0.15, 0.2) is 0 Å². The molecule has 0 unspecified atom stereocenters. The Balaban J connectivity index is 1.51. The van der Waals surface area contributed by atoms with Crippen LogP contribution < -0.4 is 4.46 Å². The third-order valence-corrected chi connectivity index (χ3v) is 5.39. The molecule has 2 aromatic carbocycles. The van der Waals surface area contributed by atoms with E-state index in [1.807, 2.05) is 18.2 Å². The Morgan fingerprint density at radius 2 is 1.70 bits per heavy atom. The van der Waals surface area contributed by atoms with Crippen molar-refractivity contribution in [2.45, 2.75) is 17.8 Å². The molecule has 1 aliphatic heterocycles. The molecular formula is C17H17NOSe. The van der Waals surface area contributed by atoms with Gasteiger partial charge in [0, 0.05) is 0 Å². The summed E-state index contributed by atoms with van der Waals surface area (Å²) in [4.78, 5) is 4.69. The van der Waals surface area contributed by atoms with E-state index in [0.717, 1.165) is 24.5 Å². The maximum absolute atomic E-state index is 5.71. The van der Waals surface area contributed by atoms with Crippen molar-refractivity contribution in [1.82, 2.24) is 0 Å². The molecule has 0 N–H and O–H groups in total. The number of aliphatic imine (C=N–C) groups is 1. The van der Waals surface area contributed by atoms with Crippen molar-refractivity contribution in [3.05, 3.63) is 66.2 Å². The van der Waals surface area contributed by atoms with Gasteiger partial charge in [0.05, 0.1) is 0 Å². The maximum atomic E-state index is 5.71. The molecule has 0 bridgehead atoms. The Kier molecular flexibility index (Phi) is 4.52. The summed E-state index contributed by atoms with van der Waals surface area (Å²) in [6.07, 6.45) is 1.12. The summed E-state index contributed by atoms with van der Waals surface area (Å²) in [6, 6.07) is 21.2. The first-order valence-corrected chi connectivity index (χ1v) is 8.92. The topological polar surface area (TPSA) is 21.6 Å². The Morgan fingerprint density at radius 3 is 2.45 bits per heavy atom. The summed E-state index contributed by atoms with van der Waals surface area (Å²) >= 11 is 0.548. The van der Waals surface area contributed by atoms with E-state index >= 15 is 0 Å². The fourth-order valence-corrected chi connectivity index (χ4v) is 4.18. The monoisotopic (exact) mass is 331 g/mol. The minimum absolute atomic E-state index is 0.329. The third-order valence-electron chi connectivity index (χ3n) is 3.20. The molecule has 3 heteroatoms. The van der Waals surface area contributed by atoms with E-state index in [2.05, 4.69) is 42.5 Å². The van der Waals surface area contributed by atoms with Gasteiger partial charge in [-0.2, -0.15) is 0 Å². The SMILES string of the molecule is c1ccc([Se]CC[C@H]2COC(c3ccccc3)=N2)cc1. The molecule has 2 nitrogen and oxygen atoms in total. The Hall–Kier alpha value is -1.57. The van der Waals surface area contributed by atoms with Crippen LogP contribution in [0.1, 0.15) is 12.0 Å². The van der Waals surface area contributed by atoms with Crippen LogP contribution in [0, 0.1) is 0 Å². The van der Waals surface area contributed by atoms with Crippen LogP contribution in [-0.4, -0.2) is 33.5 Å². The van der Waals surface area contributed by atoms with E-state index in [4.69, 9.17) is 9.73 Å².